The largest absolute Gasteiger partial charge is 0.493 e. The molecular weight excluding hydrogens is 266 g/mol. The van der Waals surface area contributed by atoms with E-state index in [1.807, 2.05) is 13.8 Å². The van der Waals surface area contributed by atoms with Gasteiger partial charge in [-0.1, -0.05) is 24.3 Å². The number of aromatic nitrogens is 3. The highest BCUT2D eigenvalue weighted by atomic mass is 16.5. The van der Waals surface area contributed by atoms with Gasteiger partial charge in [0.2, 0.25) is 0 Å². The molecule has 0 bridgehead atoms. The van der Waals surface area contributed by atoms with Crippen LogP contribution in [0.1, 0.15) is 42.7 Å². The Bertz CT molecular complexity index is 581. The van der Waals surface area contributed by atoms with Gasteiger partial charge in [0.25, 0.3) is 0 Å². The highest BCUT2D eigenvalue weighted by molar-refractivity contribution is 5.35. The normalized spacial score (nSPS) is 12.4. The minimum atomic E-state index is -0.523. The van der Waals surface area contributed by atoms with E-state index in [1.54, 1.807) is 10.9 Å². The summed E-state index contributed by atoms with van der Waals surface area (Å²) in [6.07, 6.45) is 2.77. The lowest BCUT2D eigenvalue weighted by Crippen LogP contribution is -2.06. The number of aryl methyl sites for hydroxylation is 3. The topological polar surface area (TPSA) is 60.2 Å². The molecule has 1 aromatic carbocycles. The van der Waals surface area contributed by atoms with Crippen LogP contribution in [0.25, 0.3) is 0 Å². The van der Waals surface area contributed by atoms with Crippen molar-refractivity contribution in [2.24, 2.45) is 0 Å². The Kier molecular flexibility index (Phi) is 5.33. The van der Waals surface area contributed by atoms with Gasteiger partial charge in [-0.25, -0.2) is 0 Å². The number of ether oxygens (including phenoxy) is 1. The summed E-state index contributed by atoms with van der Waals surface area (Å²) < 4.78 is 7.55. The first-order chi connectivity index (χ1) is 10.1. The van der Waals surface area contributed by atoms with Gasteiger partial charge in [-0.3, -0.25) is 4.68 Å². The molecule has 2 rings (SSSR count). The van der Waals surface area contributed by atoms with Crippen molar-refractivity contribution >= 4 is 0 Å². The first-order valence-corrected chi connectivity index (χ1v) is 7.38. The predicted octanol–water partition coefficient (Wildman–Crippen LogP) is 2.81. The maximum absolute atomic E-state index is 9.68. The Morgan fingerprint density at radius 1 is 1.33 bits per heavy atom. The van der Waals surface area contributed by atoms with Gasteiger partial charge in [-0.15, -0.1) is 5.10 Å². The second-order valence-corrected chi connectivity index (χ2v) is 5.30. The van der Waals surface area contributed by atoms with Crippen LogP contribution in [0.3, 0.4) is 0 Å². The Morgan fingerprint density at radius 3 is 2.90 bits per heavy atom. The van der Waals surface area contributed by atoms with Gasteiger partial charge in [0.15, 0.2) is 0 Å². The minimum absolute atomic E-state index is 0.523. The lowest BCUT2D eigenvalue weighted by Gasteiger charge is -2.09. The van der Waals surface area contributed by atoms with Crippen LogP contribution in [0, 0.1) is 13.8 Å². The van der Waals surface area contributed by atoms with Gasteiger partial charge >= 0.3 is 0 Å². The lowest BCUT2D eigenvalue weighted by atomic mass is 10.1. The van der Waals surface area contributed by atoms with Crippen LogP contribution in [-0.4, -0.2) is 26.7 Å². The number of hydrogen-bond acceptors (Lipinski definition) is 4. The fourth-order valence-corrected chi connectivity index (χ4v) is 2.06. The maximum atomic E-state index is 9.68. The molecule has 0 aliphatic carbocycles. The molecule has 0 saturated heterocycles. The third kappa shape index (κ3) is 4.29. The Morgan fingerprint density at radius 2 is 2.14 bits per heavy atom. The molecule has 0 aliphatic heterocycles. The fourth-order valence-electron chi connectivity index (χ4n) is 2.06. The zero-order valence-corrected chi connectivity index (χ0v) is 12.9. The van der Waals surface area contributed by atoms with Crippen LogP contribution in [0.2, 0.25) is 0 Å². The Labute approximate surface area is 125 Å². The van der Waals surface area contributed by atoms with Gasteiger partial charge in [0.1, 0.15) is 11.4 Å². The molecule has 1 unspecified atom stereocenters. The summed E-state index contributed by atoms with van der Waals surface area (Å²) in [6, 6.07) is 6.21. The minimum Gasteiger partial charge on any atom is -0.493 e. The molecule has 1 atom stereocenters. The summed E-state index contributed by atoms with van der Waals surface area (Å²) in [6.45, 7) is 7.39. The van der Waals surface area contributed by atoms with E-state index in [9.17, 15) is 5.11 Å². The van der Waals surface area contributed by atoms with E-state index in [1.165, 1.54) is 5.56 Å². The highest BCUT2D eigenvalue weighted by Crippen LogP contribution is 2.19. The van der Waals surface area contributed by atoms with Crippen molar-refractivity contribution < 1.29 is 9.84 Å². The Hall–Kier alpha value is -1.88. The van der Waals surface area contributed by atoms with E-state index >= 15 is 0 Å². The molecule has 0 saturated carbocycles. The molecule has 1 heterocycles. The molecule has 1 aromatic heterocycles. The van der Waals surface area contributed by atoms with E-state index in [-0.39, 0.29) is 0 Å². The summed E-state index contributed by atoms with van der Waals surface area (Å²) in [5, 5.41) is 17.7. The van der Waals surface area contributed by atoms with Crippen LogP contribution in [0.4, 0.5) is 0 Å². The quantitative estimate of drug-likeness (QED) is 0.796. The maximum Gasteiger partial charge on any atom is 0.122 e. The summed E-state index contributed by atoms with van der Waals surface area (Å²) >= 11 is 0. The third-order valence-electron chi connectivity index (χ3n) is 3.42. The van der Waals surface area contributed by atoms with E-state index in [4.69, 9.17) is 4.74 Å². The van der Waals surface area contributed by atoms with E-state index in [0.717, 1.165) is 24.3 Å². The van der Waals surface area contributed by atoms with Gasteiger partial charge in [0.05, 0.1) is 18.9 Å². The van der Waals surface area contributed by atoms with Crippen molar-refractivity contribution in [3.63, 3.8) is 0 Å². The van der Waals surface area contributed by atoms with E-state index in [2.05, 4.69) is 35.4 Å². The molecule has 5 heteroatoms. The molecule has 1 N–H and O–H groups in total. The van der Waals surface area contributed by atoms with Crippen molar-refractivity contribution in [3.05, 3.63) is 41.2 Å². The van der Waals surface area contributed by atoms with E-state index < -0.39 is 6.10 Å². The van der Waals surface area contributed by atoms with Crippen molar-refractivity contribution in [1.82, 2.24) is 15.0 Å². The van der Waals surface area contributed by atoms with Gasteiger partial charge in [0, 0.05) is 13.0 Å². The molecular formula is C16H23N3O2. The van der Waals surface area contributed by atoms with Crippen molar-refractivity contribution in [2.45, 2.75) is 46.3 Å². The third-order valence-corrected chi connectivity index (χ3v) is 3.42. The highest BCUT2D eigenvalue weighted by Gasteiger charge is 2.09. The molecule has 0 fully saturated rings. The number of hydrogen-bond donors (Lipinski definition) is 1. The molecule has 21 heavy (non-hydrogen) atoms. The lowest BCUT2D eigenvalue weighted by molar-refractivity contribution is 0.168. The zero-order chi connectivity index (χ0) is 15.2. The smallest absolute Gasteiger partial charge is 0.122 e. The van der Waals surface area contributed by atoms with Gasteiger partial charge in [-0.2, -0.15) is 0 Å². The van der Waals surface area contributed by atoms with Crippen molar-refractivity contribution in [1.29, 1.82) is 0 Å². The summed E-state index contributed by atoms with van der Waals surface area (Å²) in [5.74, 6) is 0.940. The first kappa shape index (κ1) is 15.5. The number of aliphatic hydroxyl groups is 1. The molecule has 0 aliphatic rings. The van der Waals surface area contributed by atoms with E-state index in [0.29, 0.717) is 18.7 Å². The first-order valence-electron chi connectivity index (χ1n) is 7.38. The molecule has 2 aromatic rings. The molecule has 0 spiro atoms. The number of aliphatic hydroxyl groups excluding tert-OH is 1. The SMILES string of the molecule is CCC(O)c1cn(CCCOc2cc(C)ccc2C)nn1. The van der Waals surface area contributed by atoms with Crippen LogP contribution in [0.5, 0.6) is 5.75 Å². The second-order valence-electron chi connectivity index (χ2n) is 5.30. The summed E-state index contributed by atoms with van der Waals surface area (Å²) in [5.41, 5.74) is 2.98. The predicted molar refractivity (Wildman–Crippen MR) is 81.3 cm³/mol. The average molecular weight is 289 g/mol. The van der Waals surface area contributed by atoms with Crippen LogP contribution >= 0.6 is 0 Å². The van der Waals surface area contributed by atoms with Crippen LogP contribution < -0.4 is 4.74 Å². The van der Waals surface area contributed by atoms with Gasteiger partial charge < -0.3 is 9.84 Å². The van der Waals surface area contributed by atoms with Crippen LogP contribution in [-0.2, 0) is 6.54 Å². The number of rotatable bonds is 7. The second kappa shape index (κ2) is 7.22. The molecule has 0 amide bonds. The number of nitrogens with zero attached hydrogens (tertiary/aromatic N) is 3. The molecule has 0 radical (unpaired) electrons. The Balaban J connectivity index is 1.79. The zero-order valence-electron chi connectivity index (χ0n) is 12.9. The fraction of sp³-hybridized carbons (Fsp3) is 0.500. The van der Waals surface area contributed by atoms with Crippen molar-refractivity contribution in [3.8, 4) is 5.75 Å². The van der Waals surface area contributed by atoms with Crippen LogP contribution in [0.15, 0.2) is 24.4 Å². The van der Waals surface area contributed by atoms with Gasteiger partial charge in [-0.05, 0) is 37.5 Å². The standard InChI is InChI=1S/C16H23N3O2/c1-4-15(20)14-11-19(18-17-14)8-5-9-21-16-10-12(2)6-7-13(16)3/h6-7,10-11,15,20H,4-5,8-9H2,1-3H3. The average Bonchev–Trinajstić information content (AvgIpc) is 2.95. The van der Waals surface area contributed by atoms with Crippen molar-refractivity contribution in [2.75, 3.05) is 6.61 Å². The molecule has 114 valence electrons. The molecule has 5 nitrogen and oxygen atoms in total. The monoisotopic (exact) mass is 289 g/mol. The summed E-state index contributed by atoms with van der Waals surface area (Å²) in [7, 11) is 0. The summed E-state index contributed by atoms with van der Waals surface area (Å²) in [4.78, 5) is 0. The number of benzene rings is 1.